The van der Waals surface area contributed by atoms with Gasteiger partial charge < -0.3 is 15.5 Å². The van der Waals surface area contributed by atoms with Crippen molar-refractivity contribution in [1.29, 1.82) is 0 Å². The largest absolute Gasteiger partial charge is 0.368 e. The first-order valence-corrected chi connectivity index (χ1v) is 13.9. The smallest absolute Gasteiger partial charge is 0.240 e. The maximum atomic E-state index is 13.0. The zero-order valence-electron chi connectivity index (χ0n) is 22.1. The Kier molecular flexibility index (Phi) is 8.39. The second kappa shape index (κ2) is 12.3. The number of carbonyl (C=O) groups excluding carboxylic acids is 2. The molecule has 2 N–H and O–H groups in total. The molecule has 0 aromatic heterocycles. The van der Waals surface area contributed by atoms with Crippen molar-refractivity contribution in [2.45, 2.75) is 44.7 Å². The lowest BCUT2D eigenvalue weighted by molar-refractivity contribution is -0.140. The molecule has 0 radical (unpaired) electrons. The topological polar surface area (TPSA) is 69.9 Å². The molecule has 0 saturated carbocycles. The van der Waals surface area contributed by atoms with Crippen LogP contribution >= 0.6 is 0 Å². The van der Waals surface area contributed by atoms with Gasteiger partial charge in [0, 0.05) is 56.8 Å². The molecular weight excluding hydrogens is 472 g/mol. The summed E-state index contributed by atoms with van der Waals surface area (Å²) in [5.74, 6) is -0.382. The number of amides is 2. The molecule has 1 saturated heterocycles. The van der Waals surface area contributed by atoms with Gasteiger partial charge in [-0.25, -0.2) is 0 Å². The minimum atomic E-state index is -0.541. The van der Waals surface area contributed by atoms with Gasteiger partial charge >= 0.3 is 0 Å². The van der Waals surface area contributed by atoms with E-state index >= 15 is 0 Å². The van der Waals surface area contributed by atoms with Crippen LogP contribution < -0.4 is 10.6 Å². The zero-order chi connectivity index (χ0) is 26.3. The van der Waals surface area contributed by atoms with E-state index in [0.717, 1.165) is 63.1 Å². The van der Waals surface area contributed by atoms with Gasteiger partial charge in [0.1, 0.15) is 6.04 Å². The van der Waals surface area contributed by atoms with Gasteiger partial charge in [0.05, 0.1) is 0 Å². The number of carbonyl (C=O) groups is 2. The molecule has 1 atom stereocenters. The summed E-state index contributed by atoms with van der Waals surface area (Å²) < 4.78 is 0. The molecule has 1 fully saturated rings. The number of fused-ring (bicyclic) bond motifs is 1. The molecule has 38 heavy (non-hydrogen) atoms. The molecule has 3 aromatic carbocycles. The monoisotopic (exact) mass is 510 g/mol. The van der Waals surface area contributed by atoms with Crippen LogP contribution in [-0.4, -0.2) is 60.4 Å². The predicted octanol–water partition coefficient (Wildman–Crippen LogP) is 4.47. The summed E-state index contributed by atoms with van der Waals surface area (Å²) in [6, 6.07) is 26.8. The van der Waals surface area contributed by atoms with E-state index in [-0.39, 0.29) is 5.91 Å². The first-order valence-electron chi connectivity index (χ1n) is 13.9. The number of rotatable bonds is 9. The van der Waals surface area contributed by atoms with Crippen LogP contribution in [0, 0.1) is 0 Å². The number of anilines is 1. The number of nitrogens with two attached hydrogens (primary N) is 1. The van der Waals surface area contributed by atoms with Crippen LogP contribution in [-0.2, 0) is 22.6 Å². The fraction of sp³-hybridized carbons (Fsp3) is 0.375. The highest BCUT2D eigenvalue weighted by Crippen LogP contribution is 2.31. The summed E-state index contributed by atoms with van der Waals surface area (Å²) in [4.78, 5) is 31.8. The molecule has 0 unspecified atom stereocenters. The van der Waals surface area contributed by atoms with Crippen LogP contribution in [0.1, 0.15) is 36.8 Å². The minimum absolute atomic E-state index is 0.0361. The van der Waals surface area contributed by atoms with Crippen LogP contribution in [0.2, 0.25) is 0 Å². The van der Waals surface area contributed by atoms with Crippen molar-refractivity contribution in [3.05, 3.63) is 90.0 Å². The Hall–Kier alpha value is -3.64. The Balaban J connectivity index is 1.05. The predicted molar refractivity (Wildman–Crippen MR) is 153 cm³/mol. The number of hydrogen-bond acceptors (Lipinski definition) is 4. The van der Waals surface area contributed by atoms with Gasteiger partial charge in [-0.05, 0) is 42.1 Å². The average Bonchev–Trinajstić information content (AvgIpc) is 2.97. The number of hydrogen-bond donors (Lipinski definition) is 1. The summed E-state index contributed by atoms with van der Waals surface area (Å²) in [7, 11) is 0. The SMILES string of the molecule is NC(=O)[C@@H]1Cc2ccccc2CN1C(=O)CCCCCN1CCN(c2ccccc2-c2ccccc2)CC1. The molecule has 2 amide bonds. The number of piperazine rings is 1. The van der Waals surface area contributed by atoms with Crippen molar-refractivity contribution < 1.29 is 9.59 Å². The summed E-state index contributed by atoms with van der Waals surface area (Å²) in [5.41, 5.74) is 11.7. The molecule has 0 spiro atoms. The Bertz CT molecular complexity index is 1240. The Morgan fingerprint density at radius 2 is 1.45 bits per heavy atom. The van der Waals surface area contributed by atoms with E-state index in [4.69, 9.17) is 5.73 Å². The van der Waals surface area contributed by atoms with Crippen LogP contribution in [0.25, 0.3) is 11.1 Å². The van der Waals surface area contributed by atoms with E-state index in [1.807, 2.05) is 24.3 Å². The van der Waals surface area contributed by atoms with Crippen molar-refractivity contribution in [3.63, 3.8) is 0 Å². The lowest BCUT2D eigenvalue weighted by Crippen LogP contribution is -2.51. The molecule has 6 heteroatoms. The zero-order valence-corrected chi connectivity index (χ0v) is 22.1. The fourth-order valence-electron chi connectivity index (χ4n) is 5.79. The lowest BCUT2D eigenvalue weighted by atomic mass is 9.93. The van der Waals surface area contributed by atoms with Gasteiger partial charge in [-0.2, -0.15) is 0 Å². The molecule has 2 heterocycles. The number of benzene rings is 3. The second-order valence-corrected chi connectivity index (χ2v) is 10.4. The molecular formula is C32H38N4O2. The van der Waals surface area contributed by atoms with Crippen molar-refractivity contribution in [2.24, 2.45) is 5.73 Å². The number of unbranched alkanes of at least 4 members (excludes halogenated alkanes) is 2. The van der Waals surface area contributed by atoms with Gasteiger partial charge in [-0.15, -0.1) is 0 Å². The van der Waals surface area contributed by atoms with Crippen molar-refractivity contribution in [2.75, 3.05) is 37.6 Å². The third-order valence-electron chi connectivity index (χ3n) is 7.96. The highest BCUT2D eigenvalue weighted by Gasteiger charge is 2.32. The normalized spacial score (nSPS) is 17.7. The third kappa shape index (κ3) is 6.08. The van der Waals surface area contributed by atoms with E-state index in [0.29, 0.717) is 19.4 Å². The molecule has 5 rings (SSSR count). The summed E-state index contributed by atoms with van der Waals surface area (Å²) in [5, 5.41) is 0. The van der Waals surface area contributed by atoms with Gasteiger partial charge in [0.15, 0.2) is 0 Å². The molecule has 0 bridgehead atoms. The third-order valence-corrected chi connectivity index (χ3v) is 7.96. The maximum Gasteiger partial charge on any atom is 0.240 e. The molecule has 6 nitrogen and oxygen atoms in total. The quantitative estimate of drug-likeness (QED) is 0.431. The standard InChI is InChI=1S/C32H38N4O2/c33-32(38)30-23-26-13-6-7-14-27(26)24-36(30)31(37)17-5-2-10-18-34-19-21-35(22-20-34)29-16-9-8-15-28(29)25-11-3-1-4-12-25/h1,3-4,6-9,11-16,30H,2,5,10,17-24H2,(H2,33,38)/t30-/m0/s1. The Morgan fingerprint density at radius 3 is 2.21 bits per heavy atom. The lowest BCUT2D eigenvalue weighted by Gasteiger charge is -2.37. The van der Waals surface area contributed by atoms with E-state index in [1.54, 1.807) is 4.90 Å². The fourth-order valence-corrected chi connectivity index (χ4v) is 5.79. The number of primary amides is 1. The summed E-state index contributed by atoms with van der Waals surface area (Å²) in [6.07, 6.45) is 3.91. The Labute approximate surface area is 226 Å². The number of nitrogens with zero attached hydrogens (tertiary/aromatic N) is 3. The van der Waals surface area contributed by atoms with E-state index < -0.39 is 11.9 Å². The first kappa shape index (κ1) is 26.0. The highest BCUT2D eigenvalue weighted by atomic mass is 16.2. The van der Waals surface area contributed by atoms with Crippen molar-refractivity contribution in [3.8, 4) is 11.1 Å². The first-order chi connectivity index (χ1) is 18.6. The summed E-state index contributed by atoms with van der Waals surface area (Å²) >= 11 is 0. The summed E-state index contributed by atoms with van der Waals surface area (Å²) in [6.45, 7) is 5.68. The van der Waals surface area contributed by atoms with Crippen LogP contribution in [0.3, 0.4) is 0 Å². The molecule has 3 aromatic rings. The molecule has 2 aliphatic rings. The van der Waals surface area contributed by atoms with E-state index in [1.165, 1.54) is 16.8 Å². The van der Waals surface area contributed by atoms with Gasteiger partial charge in [-0.1, -0.05) is 79.2 Å². The van der Waals surface area contributed by atoms with Crippen LogP contribution in [0.4, 0.5) is 5.69 Å². The average molecular weight is 511 g/mol. The van der Waals surface area contributed by atoms with Gasteiger partial charge in [0.2, 0.25) is 11.8 Å². The Morgan fingerprint density at radius 1 is 0.763 bits per heavy atom. The highest BCUT2D eigenvalue weighted by molar-refractivity contribution is 5.87. The molecule has 198 valence electrons. The molecule has 2 aliphatic heterocycles. The van der Waals surface area contributed by atoms with Crippen LogP contribution in [0.5, 0.6) is 0 Å². The number of para-hydroxylation sites is 1. The van der Waals surface area contributed by atoms with Crippen molar-refractivity contribution in [1.82, 2.24) is 9.80 Å². The van der Waals surface area contributed by atoms with E-state index in [2.05, 4.69) is 64.4 Å². The van der Waals surface area contributed by atoms with E-state index in [9.17, 15) is 9.59 Å². The minimum Gasteiger partial charge on any atom is -0.368 e. The van der Waals surface area contributed by atoms with Gasteiger partial charge in [-0.3, -0.25) is 14.5 Å². The maximum absolute atomic E-state index is 13.0. The van der Waals surface area contributed by atoms with Crippen molar-refractivity contribution >= 4 is 17.5 Å². The van der Waals surface area contributed by atoms with Gasteiger partial charge in [0.25, 0.3) is 0 Å². The van der Waals surface area contributed by atoms with Crippen LogP contribution in [0.15, 0.2) is 78.9 Å². The second-order valence-electron chi connectivity index (χ2n) is 10.4. The molecule has 0 aliphatic carbocycles.